The van der Waals surface area contributed by atoms with Crippen LogP contribution in [0.4, 0.5) is 0 Å². The Morgan fingerprint density at radius 1 is 1.17 bits per heavy atom. The van der Waals surface area contributed by atoms with E-state index in [-0.39, 0.29) is 23.4 Å². The van der Waals surface area contributed by atoms with Crippen molar-refractivity contribution in [2.75, 3.05) is 14.2 Å². The summed E-state index contributed by atoms with van der Waals surface area (Å²) in [4.78, 5) is 16.5. The van der Waals surface area contributed by atoms with Crippen molar-refractivity contribution in [3.63, 3.8) is 0 Å². The number of ether oxygens (including phenoxy) is 3. The van der Waals surface area contributed by atoms with Gasteiger partial charge in [-0.2, -0.15) is 0 Å². The first-order valence-corrected chi connectivity index (χ1v) is 9.75. The van der Waals surface area contributed by atoms with Crippen molar-refractivity contribution >= 4 is 10.9 Å². The van der Waals surface area contributed by atoms with Gasteiger partial charge in [-0.3, -0.25) is 4.79 Å². The predicted octanol–water partition coefficient (Wildman–Crippen LogP) is 3.32. The second-order valence-corrected chi connectivity index (χ2v) is 7.75. The third-order valence-electron chi connectivity index (χ3n) is 6.27. The fraction of sp³-hybridized carbons (Fsp3) is 0.348. The van der Waals surface area contributed by atoms with E-state index in [0.717, 1.165) is 12.0 Å². The second-order valence-electron chi connectivity index (χ2n) is 7.75. The molecule has 2 aliphatic heterocycles. The maximum atomic E-state index is 13.3. The van der Waals surface area contributed by atoms with E-state index >= 15 is 0 Å². The molecule has 3 aromatic rings. The largest absolute Gasteiger partial charge is 0.497 e. The molecule has 6 nitrogen and oxygen atoms in total. The number of aliphatic hydroxyl groups is 1. The van der Waals surface area contributed by atoms with Gasteiger partial charge in [-0.15, -0.1) is 0 Å². The summed E-state index contributed by atoms with van der Waals surface area (Å²) in [5, 5.41) is 12.5. The van der Waals surface area contributed by atoms with E-state index in [1.165, 1.54) is 7.11 Å². The molecule has 5 rings (SSSR count). The Morgan fingerprint density at radius 3 is 2.76 bits per heavy atom. The van der Waals surface area contributed by atoms with Crippen LogP contribution in [0.5, 0.6) is 11.5 Å². The minimum atomic E-state index is -1.37. The highest BCUT2D eigenvalue weighted by atomic mass is 16.5. The molecule has 6 heteroatoms. The van der Waals surface area contributed by atoms with Crippen molar-refractivity contribution in [1.29, 1.82) is 0 Å². The normalized spacial score (nSPS) is 25.1. The zero-order valence-electron chi connectivity index (χ0n) is 16.6. The van der Waals surface area contributed by atoms with Gasteiger partial charge in [-0.1, -0.05) is 18.2 Å². The Balaban J connectivity index is 1.86. The highest BCUT2D eigenvalue weighted by molar-refractivity contribution is 5.86. The number of pyridine rings is 1. The van der Waals surface area contributed by atoms with Crippen LogP contribution in [0.1, 0.15) is 41.3 Å². The lowest BCUT2D eigenvalue weighted by Crippen LogP contribution is -2.44. The van der Waals surface area contributed by atoms with Crippen molar-refractivity contribution in [1.82, 2.24) is 4.98 Å². The first kappa shape index (κ1) is 18.2. The van der Waals surface area contributed by atoms with Crippen LogP contribution in [0.3, 0.4) is 0 Å². The zero-order valence-corrected chi connectivity index (χ0v) is 16.6. The topological polar surface area (TPSA) is 80.8 Å². The van der Waals surface area contributed by atoms with Gasteiger partial charge in [0.1, 0.15) is 11.4 Å². The van der Waals surface area contributed by atoms with Crippen LogP contribution in [-0.2, 0) is 10.3 Å². The highest BCUT2D eigenvalue weighted by Crippen LogP contribution is 2.53. The summed E-state index contributed by atoms with van der Waals surface area (Å²) in [5.74, 6) is 0.949. The number of aromatic amines is 1. The third-order valence-corrected chi connectivity index (χ3v) is 6.27. The molecule has 2 aromatic carbocycles. The van der Waals surface area contributed by atoms with Crippen LogP contribution >= 0.6 is 0 Å². The van der Waals surface area contributed by atoms with Crippen molar-refractivity contribution in [3.05, 3.63) is 69.0 Å². The zero-order chi connectivity index (χ0) is 20.3. The van der Waals surface area contributed by atoms with Gasteiger partial charge < -0.3 is 24.3 Å². The quantitative estimate of drug-likeness (QED) is 0.714. The smallest absolute Gasteiger partial charge is 0.231 e. The van der Waals surface area contributed by atoms with E-state index in [1.54, 1.807) is 7.11 Å². The van der Waals surface area contributed by atoms with Gasteiger partial charge in [-0.05, 0) is 49.1 Å². The average molecular weight is 393 g/mol. The van der Waals surface area contributed by atoms with E-state index in [9.17, 15) is 9.90 Å². The summed E-state index contributed by atoms with van der Waals surface area (Å²) >= 11 is 0. The number of fused-ring (bicyclic) bond motifs is 6. The molecular formula is C23H23NO5. The molecule has 2 bridgehead atoms. The molecule has 1 aromatic heterocycles. The Morgan fingerprint density at radius 2 is 2.00 bits per heavy atom. The summed E-state index contributed by atoms with van der Waals surface area (Å²) in [6.45, 7) is 1.81. The first-order valence-electron chi connectivity index (χ1n) is 9.75. The van der Waals surface area contributed by atoms with Gasteiger partial charge in [0.2, 0.25) is 5.43 Å². The van der Waals surface area contributed by atoms with Crippen molar-refractivity contribution < 1.29 is 19.3 Å². The molecule has 0 saturated carbocycles. The number of methoxy groups -OCH3 is 2. The molecule has 1 saturated heterocycles. The van der Waals surface area contributed by atoms with Crippen LogP contribution in [0.15, 0.2) is 41.2 Å². The van der Waals surface area contributed by atoms with Crippen LogP contribution in [0.2, 0.25) is 0 Å². The fourth-order valence-corrected chi connectivity index (χ4v) is 4.96. The number of hydrogen-bond acceptors (Lipinski definition) is 5. The molecule has 29 heavy (non-hydrogen) atoms. The van der Waals surface area contributed by atoms with Gasteiger partial charge in [-0.25, -0.2) is 0 Å². The van der Waals surface area contributed by atoms with E-state index in [0.29, 0.717) is 39.9 Å². The number of rotatable bonds is 3. The van der Waals surface area contributed by atoms with Gasteiger partial charge in [0.05, 0.1) is 43.0 Å². The average Bonchev–Trinajstić information content (AvgIpc) is 3.19. The second kappa shape index (κ2) is 6.34. The minimum Gasteiger partial charge on any atom is -0.497 e. The van der Waals surface area contributed by atoms with E-state index in [2.05, 4.69) is 4.98 Å². The van der Waals surface area contributed by atoms with Crippen molar-refractivity contribution in [2.45, 2.75) is 37.6 Å². The third kappa shape index (κ3) is 2.39. The molecule has 1 fully saturated rings. The molecule has 3 atom stereocenters. The molecule has 2 aliphatic rings. The molecule has 3 heterocycles. The molecular weight excluding hydrogens is 370 g/mol. The number of aromatic nitrogens is 1. The summed E-state index contributed by atoms with van der Waals surface area (Å²) in [5.41, 5.74) is 2.00. The Hall–Kier alpha value is -2.83. The van der Waals surface area contributed by atoms with Crippen molar-refractivity contribution in [2.24, 2.45) is 0 Å². The van der Waals surface area contributed by atoms with Crippen molar-refractivity contribution in [3.8, 4) is 11.5 Å². The lowest BCUT2D eigenvalue weighted by Gasteiger charge is -2.40. The summed E-state index contributed by atoms with van der Waals surface area (Å²) in [6.07, 6.45) is 0.850. The predicted molar refractivity (Wildman–Crippen MR) is 109 cm³/mol. The maximum absolute atomic E-state index is 13.3. The molecule has 0 unspecified atom stereocenters. The minimum absolute atomic E-state index is 0.183. The maximum Gasteiger partial charge on any atom is 0.231 e. The standard InChI is InChI=1S/C23H23NO5/c1-12-22(28-3)21(25)20-16(24-12)8-7-15-19(20)17-9-10-18(29-17)23(15,26)13-5-4-6-14(11-13)27-2/h4-8,11,17-18,26H,9-10H2,1-3H3,(H,24,25)/t17-,18+,23+/m0/s1. The fourth-order valence-electron chi connectivity index (χ4n) is 4.96. The summed E-state index contributed by atoms with van der Waals surface area (Å²) in [7, 11) is 3.09. The molecule has 0 amide bonds. The molecule has 2 N–H and O–H groups in total. The SMILES string of the molecule is COc1cccc([C@@]2(O)c3ccc4[nH]c(C)c(OC)c(=O)c4c3[C@@H]3CC[C@H]2O3)c1. The van der Waals surface area contributed by atoms with Gasteiger partial charge in [0.25, 0.3) is 0 Å². The lowest BCUT2D eigenvalue weighted by molar-refractivity contribution is -0.101. The molecule has 0 radical (unpaired) electrons. The number of nitrogens with one attached hydrogen (secondary N) is 1. The highest BCUT2D eigenvalue weighted by Gasteiger charge is 2.52. The Bertz CT molecular complexity index is 1180. The molecule has 0 spiro atoms. The monoisotopic (exact) mass is 393 g/mol. The molecule has 150 valence electrons. The number of hydrogen-bond donors (Lipinski definition) is 2. The first-order chi connectivity index (χ1) is 14.0. The van der Waals surface area contributed by atoms with E-state index in [4.69, 9.17) is 14.2 Å². The summed E-state index contributed by atoms with van der Waals surface area (Å²) < 4.78 is 17.0. The van der Waals surface area contributed by atoms with Gasteiger partial charge >= 0.3 is 0 Å². The van der Waals surface area contributed by atoms with E-state index < -0.39 is 5.60 Å². The Kier molecular flexibility index (Phi) is 3.98. The van der Waals surface area contributed by atoms with Crippen LogP contribution < -0.4 is 14.9 Å². The van der Waals surface area contributed by atoms with Gasteiger partial charge in [0, 0.05) is 5.56 Å². The number of aryl methyl sites for hydroxylation is 1. The number of H-pyrrole nitrogens is 1. The van der Waals surface area contributed by atoms with Crippen LogP contribution in [0.25, 0.3) is 10.9 Å². The van der Waals surface area contributed by atoms with Crippen LogP contribution in [-0.4, -0.2) is 30.4 Å². The van der Waals surface area contributed by atoms with Crippen LogP contribution in [0, 0.1) is 6.92 Å². The van der Waals surface area contributed by atoms with E-state index in [1.807, 2.05) is 43.3 Å². The summed E-state index contributed by atoms with van der Waals surface area (Å²) in [6, 6.07) is 11.2. The lowest BCUT2D eigenvalue weighted by atomic mass is 9.77. The number of benzene rings is 2. The Labute approximate surface area is 168 Å². The van der Waals surface area contributed by atoms with Gasteiger partial charge in [0.15, 0.2) is 5.75 Å². The molecule has 0 aliphatic carbocycles.